The smallest absolute Gasteiger partial charge is 0.378 e. The van der Waals surface area contributed by atoms with Crippen LogP contribution in [-0.2, 0) is 17.3 Å². The molecule has 6 rings (SSSR count). The summed E-state index contributed by atoms with van der Waals surface area (Å²) in [6.07, 6.45) is 1.06. The number of hydrogen-bond donors (Lipinski definition) is 2. The molecule has 9 heteroatoms. The van der Waals surface area contributed by atoms with Gasteiger partial charge in [-0.1, -0.05) is 24.3 Å². The van der Waals surface area contributed by atoms with Gasteiger partial charge >= 0.3 is 6.18 Å². The summed E-state index contributed by atoms with van der Waals surface area (Å²) < 4.78 is 45.7. The summed E-state index contributed by atoms with van der Waals surface area (Å²) in [6.45, 7) is 1.48. The van der Waals surface area contributed by atoms with Gasteiger partial charge in [-0.2, -0.15) is 13.2 Å². The molecule has 1 aromatic carbocycles. The van der Waals surface area contributed by atoms with Crippen LogP contribution < -0.4 is 5.32 Å². The normalized spacial score (nSPS) is 28.1. The molecule has 0 radical (unpaired) electrons. The number of anilines is 1. The highest BCUT2D eigenvalue weighted by Crippen LogP contribution is 2.42. The zero-order chi connectivity index (χ0) is 21.9. The second-order valence-corrected chi connectivity index (χ2v) is 8.96. The predicted molar refractivity (Wildman–Crippen MR) is 113 cm³/mol. The highest BCUT2D eigenvalue weighted by atomic mass is 19.4. The number of fused-ring (bicyclic) bond motifs is 4. The second kappa shape index (κ2) is 7.45. The third kappa shape index (κ3) is 3.26. The quantitative estimate of drug-likeness (QED) is 0.632. The fourth-order valence-electron chi connectivity index (χ4n) is 5.79. The van der Waals surface area contributed by atoms with E-state index in [-0.39, 0.29) is 17.7 Å². The first kappa shape index (κ1) is 20.0. The lowest BCUT2D eigenvalue weighted by Gasteiger charge is -2.46. The predicted octanol–water partition coefficient (Wildman–Crippen LogP) is 4.31. The lowest BCUT2D eigenvalue weighted by molar-refractivity contribution is -0.140. The molecule has 0 spiro atoms. The standard InChI is InChI=1S/C23H24F3N5O/c24-23(25,26)19-9-17-21(29-19)27-12-28-22(17)30-20-16-4-2-1-3-13(16)5-8-18(20)31-14-6-7-15(31)11-32-10-14/h1-4,9,12,14-15,18,20H,5-8,10-11H2,(H2,27,28,29,30)/t14?,15?,18-,20-/m0/s1. The number of aromatic nitrogens is 3. The lowest BCUT2D eigenvalue weighted by Crippen LogP contribution is -2.55. The molecule has 2 aliphatic heterocycles. The number of benzene rings is 1. The number of aromatic amines is 1. The zero-order valence-electron chi connectivity index (χ0n) is 17.4. The maximum Gasteiger partial charge on any atom is 0.431 e. The van der Waals surface area contributed by atoms with Gasteiger partial charge in [0.2, 0.25) is 0 Å². The van der Waals surface area contributed by atoms with E-state index in [1.54, 1.807) is 0 Å². The molecule has 32 heavy (non-hydrogen) atoms. The Kier molecular flexibility index (Phi) is 4.65. The third-order valence-electron chi connectivity index (χ3n) is 7.19. The number of nitrogens with zero attached hydrogens (tertiary/aromatic N) is 3. The molecule has 6 nitrogen and oxygen atoms in total. The fraction of sp³-hybridized carbons (Fsp3) is 0.478. The Bertz CT molecular complexity index is 1130. The van der Waals surface area contributed by atoms with E-state index in [9.17, 15) is 13.2 Å². The summed E-state index contributed by atoms with van der Waals surface area (Å²) in [5, 5.41) is 3.89. The minimum atomic E-state index is -4.47. The average Bonchev–Trinajstić information content (AvgIpc) is 3.33. The van der Waals surface area contributed by atoms with Gasteiger partial charge in [0.1, 0.15) is 23.5 Å². The van der Waals surface area contributed by atoms with Gasteiger partial charge in [0, 0.05) is 18.1 Å². The van der Waals surface area contributed by atoms with Crippen molar-refractivity contribution in [2.24, 2.45) is 0 Å². The average molecular weight is 443 g/mol. The Labute approximate surface area is 183 Å². The van der Waals surface area contributed by atoms with Crippen LogP contribution in [0.15, 0.2) is 36.7 Å². The number of H-pyrrole nitrogens is 1. The van der Waals surface area contributed by atoms with Gasteiger partial charge in [-0.05, 0) is 42.9 Å². The SMILES string of the molecule is FC(F)(F)c1cc2c(N[C@H]3c4ccccc4CC[C@@H]3N3C4CCC3COC4)ncnc2[nH]1. The molecule has 3 aliphatic rings. The number of nitrogens with one attached hydrogen (secondary N) is 2. The largest absolute Gasteiger partial charge is 0.431 e. The van der Waals surface area contributed by atoms with E-state index >= 15 is 0 Å². The summed E-state index contributed by atoms with van der Waals surface area (Å²) in [5.41, 5.74) is 1.83. The minimum Gasteiger partial charge on any atom is -0.378 e. The molecule has 2 fully saturated rings. The number of aryl methyl sites for hydroxylation is 1. The Balaban J connectivity index is 1.41. The summed E-state index contributed by atoms with van der Waals surface area (Å²) in [4.78, 5) is 13.4. The van der Waals surface area contributed by atoms with Crippen LogP contribution in [0.4, 0.5) is 19.0 Å². The van der Waals surface area contributed by atoms with E-state index in [1.807, 2.05) is 12.1 Å². The van der Waals surface area contributed by atoms with Gasteiger partial charge in [-0.15, -0.1) is 0 Å². The highest BCUT2D eigenvalue weighted by molar-refractivity contribution is 5.88. The second-order valence-electron chi connectivity index (χ2n) is 8.96. The molecule has 4 atom stereocenters. The molecule has 2 N–H and O–H groups in total. The van der Waals surface area contributed by atoms with E-state index in [1.165, 1.54) is 17.5 Å². The lowest BCUT2D eigenvalue weighted by atomic mass is 9.82. The summed E-state index contributed by atoms with van der Waals surface area (Å²) >= 11 is 0. The van der Waals surface area contributed by atoms with Crippen molar-refractivity contribution in [3.8, 4) is 0 Å². The van der Waals surface area contributed by atoms with Crippen LogP contribution in [0.25, 0.3) is 11.0 Å². The maximum absolute atomic E-state index is 13.3. The van der Waals surface area contributed by atoms with Crippen LogP contribution in [0, 0.1) is 0 Å². The topological polar surface area (TPSA) is 66.1 Å². The number of hydrogen-bond acceptors (Lipinski definition) is 5. The van der Waals surface area contributed by atoms with Crippen molar-refractivity contribution in [2.45, 2.75) is 56.0 Å². The van der Waals surface area contributed by atoms with E-state index in [0.717, 1.165) is 45.0 Å². The Morgan fingerprint density at radius 3 is 2.62 bits per heavy atom. The van der Waals surface area contributed by atoms with Gasteiger partial charge in [-0.3, -0.25) is 4.90 Å². The van der Waals surface area contributed by atoms with Crippen molar-refractivity contribution < 1.29 is 17.9 Å². The highest BCUT2D eigenvalue weighted by Gasteiger charge is 2.45. The number of morpholine rings is 1. The van der Waals surface area contributed by atoms with Gasteiger partial charge < -0.3 is 15.0 Å². The van der Waals surface area contributed by atoms with E-state index in [2.05, 4.69) is 37.3 Å². The summed E-state index contributed by atoms with van der Waals surface area (Å²) in [7, 11) is 0. The van der Waals surface area contributed by atoms with Crippen LogP contribution in [0.1, 0.15) is 42.1 Å². The Morgan fingerprint density at radius 2 is 1.84 bits per heavy atom. The molecule has 0 amide bonds. The first-order valence-electron chi connectivity index (χ1n) is 11.1. The first-order valence-corrected chi connectivity index (χ1v) is 11.1. The van der Waals surface area contributed by atoms with Crippen LogP contribution in [-0.4, -0.2) is 51.2 Å². The molecule has 168 valence electrons. The van der Waals surface area contributed by atoms with Crippen LogP contribution in [0.5, 0.6) is 0 Å². The third-order valence-corrected chi connectivity index (χ3v) is 7.19. The van der Waals surface area contributed by atoms with E-state index in [0.29, 0.717) is 23.3 Å². The van der Waals surface area contributed by atoms with Gasteiger partial charge in [0.25, 0.3) is 0 Å². The number of alkyl halides is 3. The molecule has 2 bridgehead atoms. The van der Waals surface area contributed by atoms with Gasteiger partial charge in [0.15, 0.2) is 0 Å². The Hall–Kier alpha value is -2.65. The molecule has 2 unspecified atom stereocenters. The molecular weight excluding hydrogens is 419 g/mol. The molecule has 3 aromatic rings. The molecule has 4 heterocycles. The van der Waals surface area contributed by atoms with Crippen LogP contribution in [0.3, 0.4) is 0 Å². The van der Waals surface area contributed by atoms with Crippen LogP contribution in [0.2, 0.25) is 0 Å². The molecule has 1 aliphatic carbocycles. The molecule has 2 aromatic heterocycles. The number of halogens is 3. The number of rotatable bonds is 3. The van der Waals surface area contributed by atoms with Crippen molar-refractivity contribution in [1.82, 2.24) is 19.9 Å². The van der Waals surface area contributed by atoms with E-state index < -0.39 is 11.9 Å². The van der Waals surface area contributed by atoms with E-state index in [4.69, 9.17) is 4.74 Å². The Morgan fingerprint density at radius 1 is 1.06 bits per heavy atom. The van der Waals surface area contributed by atoms with Crippen molar-refractivity contribution in [3.05, 3.63) is 53.5 Å². The van der Waals surface area contributed by atoms with Crippen LogP contribution >= 0.6 is 0 Å². The van der Waals surface area contributed by atoms with Gasteiger partial charge in [0.05, 0.1) is 24.6 Å². The van der Waals surface area contributed by atoms with Crippen molar-refractivity contribution in [2.75, 3.05) is 18.5 Å². The van der Waals surface area contributed by atoms with Crippen molar-refractivity contribution in [3.63, 3.8) is 0 Å². The molecular formula is C23H24F3N5O. The van der Waals surface area contributed by atoms with Crippen molar-refractivity contribution in [1.29, 1.82) is 0 Å². The minimum absolute atomic E-state index is 0.0801. The fourth-order valence-corrected chi connectivity index (χ4v) is 5.79. The summed E-state index contributed by atoms with van der Waals surface area (Å²) in [5.74, 6) is 0.425. The maximum atomic E-state index is 13.3. The zero-order valence-corrected chi connectivity index (χ0v) is 17.4. The van der Waals surface area contributed by atoms with Crippen molar-refractivity contribution >= 4 is 16.9 Å². The first-order chi connectivity index (χ1) is 15.5. The van der Waals surface area contributed by atoms with Gasteiger partial charge in [-0.25, -0.2) is 9.97 Å². The summed E-state index contributed by atoms with van der Waals surface area (Å²) in [6, 6.07) is 10.3. The number of ether oxygens (including phenoxy) is 1. The molecule has 2 saturated heterocycles. The monoisotopic (exact) mass is 443 g/mol. The molecule has 0 saturated carbocycles.